The van der Waals surface area contributed by atoms with Crippen LogP contribution in [0.1, 0.15) is 18.4 Å². The minimum Gasteiger partial charge on any atom is -0.398 e. The van der Waals surface area contributed by atoms with Gasteiger partial charge in [-0.05, 0) is 24.5 Å². The van der Waals surface area contributed by atoms with Gasteiger partial charge in [-0.2, -0.15) is 0 Å². The molecule has 2 rings (SSSR count). The van der Waals surface area contributed by atoms with Crippen molar-refractivity contribution in [2.75, 3.05) is 17.2 Å². The first-order chi connectivity index (χ1) is 9.30. The zero-order chi connectivity index (χ0) is 14.8. The van der Waals surface area contributed by atoms with Gasteiger partial charge in [0.1, 0.15) is 9.84 Å². The average molecular weight is 318 g/mol. The summed E-state index contributed by atoms with van der Waals surface area (Å²) in [4.78, 5) is 0. The molecule has 20 heavy (non-hydrogen) atoms. The van der Waals surface area contributed by atoms with Crippen LogP contribution in [-0.4, -0.2) is 33.6 Å². The molecule has 8 heteroatoms. The molecular formula is C12H18N2O4S2. The van der Waals surface area contributed by atoms with E-state index in [2.05, 4.69) is 4.72 Å². The van der Waals surface area contributed by atoms with E-state index in [0.717, 1.165) is 0 Å². The van der Waals surface area contributed by atoms with Crippen molar-refractivity contribution in [2.24, 2.45) is 0 Å². The molecule has 0 amide bonds. The molecule has 1 aliphatic rings. The van der Waals surface area contributed by atoms with Crippen molar-refractivity contribution in [1.82, 2.24) is 4.72 Å². The van der Waals surface area contributed by atoms with E-state index in [9.17, 15) is 16.8 Å². The summed E-state index contributed by atoms with van der Waals surface area (Å²) in [5.74, 6) is -0.127. The molecule has 1 aliphatic heterocycles. The maximum Gasteiger partial charge on any atom is 0.214 e. The molecule has 0 saturated carbocycles. The van der Waals surface area contributed by atoms with E-state index in [0.29, 0.717) is 11.3 Å². The van der Waals surface area contributed by atoms with Crippen LogP contribution < -0.4 is 10.5 Å². The zero-order valence-electron chi connectivity index (χ0n) is 10.9. The first kappa shape index (κ1) is 15.3. The van der Waals surface area contributed by atoms with Crippen molar-refractivity contribution in [1.29, 1.82) is 0 Å². The third-order valence-corrected chi connectivity index (χ3v) is 7.07. The second-order valence-corrected chi connectivity index (χ2v) is 9.27. The fourth-order valence-electron chi connectivity index (χ4n) is 2.17. The Kier molecular flexibility index (Phi) is 4.36. The predicted octanol–water partition coefficient (Wildman–Crippen LogP) is 0.265. The van der Waals surface area contributed by atoms with Crippen LogP contribution in [-0.2, 0) is 26.4 Å². The fourth-order valence-corrected chi connectivity index (χ4v) is 5.41. The van der Waals surface area contributed by atoms with Crippen molar-refractivity contribution in [3.63, 3.8) is 0 Å². The lowest BCUT2D eigenvalue weighted by atomic mass is 10.2. The highest BCUT2D eigenvalue weighted by Crippen LogP contribution is 2.19. The van der Waals surface area contributed by atoms with E-state index < -0.39 is 25.1 Å². The number of para-hydroxylation sites is 1. The Labute approximate surface area is 119 Å². The smallest absolute Gasteiger partial charge is 0.214 e. The predicted molar refractivity (Wildman–Crippen MR) is 78.3 cm³/mol. The Morgan fingerprint density at radius 3 is 2.40 bits per heavy atom. The van der Waals surface area contributed by atoms with E-state index >= 15 is 0 Å². The minimum atomic E-state index is -3.52. The molecular weight excluding hydrogens is 300 g/mol. The number of nitrogens with two attached hydrogens (primary N) is 1. The Hall–Kier alpha value is -1.12. The summed E-state index contributed by atoms with van der Waals surface area (Å²) >= 11 is 0. The largest absolute Gasteiger partial charge is 0.398 e. The standard InChI is InChI=1S/C12H18N2O4S2/c13-12-4-2-1-3-10(12)9-14-20(17,18)11-5-7-19(15,16)8-6-11/h1-4,11,14H,5-9,13H2. The highest BCUT2D eigenvalue weighted by Gasteiger charge is 2.32. The maximum absolute atomic E-state index is 12.1. The Bertz CT molecular complexity index is 669. The normalized spacial score (nSPS) is 19.8. The topological polar surface area (TPSA) is 106 Å². The molecule has 1 heterocycles. The second-order valence-electron chi connectivity index (χ2n) is 4.92. The molecule has 0 aromatic heterocycles. The number of sulfonamides is 1. The molecule has 0 radical (unpaired) electrons. The summed E-state index contributed by atoms with van der Waals surface area (Å²) < 4.78 is 49.4. The van der Waals surface area contributed by atoms with Crippen molar-refractivity contribution >= 4 is 25.5 Å². The van der Waals surface area contributed by atoms with Crippen LogP contribution in [0.4, 0.5) is 5.69 Å². The van der Waals surface area contributed by atoms with E-state index in [1.165, 1.54) is 0 Å². The molecule has 1 aromatic rings. The summed E-state index contributed by atoms with van der Waals surface area (Å²) in [5.41, 5.74) is 6.99. The lowest BCUT2D eigenvalue weighted by Gasteiger charge is -2.22. The molecule has 0 spiro atoms. The van der Waals surface area contributed by atoms with Crippen molar-refractivity contribution in [3.05, 3.63) is 29.8 Å². The Morgan fingerprint density at radius 2 is 1.80 bits per heavy atom. The molecule has 112 valence electrons. The van der Waals surface area contributed by atoms with E-state index in [4.69, 9.17) is 5.73 Å². The number of sulfone groups is 1. The highest BCUT2D eigenvalue weighted by atomic mass is 32.2. The van der Waals surface area contributed by atoms with Crippen LogP contribution in [0.15, 0.2) is 24.3 Å². The molecule has 1 fully saturated rings. The van der Waals surface area contributed by atoms with Gasteiger partial charge >= 0.3 is 0 Å². The van der Waals surface area contributed by atoms with Crippen LogP contribution in [0.25, 0.3) is 0 Å². The highest BCUT2D eigenvalue weighted by molar-refractivity contribution is 7.92. The molecule has 0 bridgehead atoms. The van der Waals surface area contributed by atoms with Crippen LogP contribution in [0.2, 0.25) is 0 Å². The summed E-state index contributed by atoms with van der Waals surface area (Å²) in [6.07, 6.45) is 0.309. The lowest BCUT2D eigenvalue weighted by Crippen LogP contribution is -2.39. The summed E-state index contributed by atoms with van der Waals surface area (Å²) in [5, 5.41) is -0.643. The first-order valence-corrected chi connectivity index (χ1v) is 9.69. The average Bonchev–Trinajstić information content (AvgIpc) is 2.37. The van der Waals surface area contributed by atoms with E-state index in [1.54, 1.807) is 24.3 Å². The molecule has 0 aliphatic carbocycles. The van der Waals surface area contributed by atoms with Gasteiger partial charge in [-0.1, -0.05) is 18.2 Å². The number of hydrogen-bond acceptors (Lipinski definition) is 5. The van der Waals surface area contributed by atoms with Crippen LogP contribution in [0, 0.1) is 0 Å². The molecule has 1 saturated heterocycles. The minimum absolute atomic E-state index is 0.0634. The van der Waals surface area contributed by atoms with Crippen LogP contribution in [0.3, 0.4) is 0 Å². The van der Waals surface area contributed by atoms with Gasteiger partial charge in [-0.15, -0.1) is 0 Å². The number of nitrogens with one attached hydrogen (secondary N) is 1. The van der Waals surface area contributed by atoms with Gasteiger partial charge in [0.15, 0.2) is 0 Å². The fraction of sp³-hybridized carbons (Fsp3) is 0.500. The number of hydrogen-bond donors (Lipinski definition) is 2. The second kappa shape index (κ2) is 5.71. The number of benzene rings is 1. The zero-order valence-corrected chi connectivity index (χ0v) is 12.6. The van der Waals surface area contributed by atoms with Crippen LogP contribution >= 0.6 is 0 Å². The summed E-state index contributed by atoms with van der Waals surface area (Å²) in [6, 6.07) is 7.02. The quantitative estimate of drug-likeness (QED) is 0.775. The first-order valence-electron chi connectivity index (χ1n) is 6.32. The van der Waals surface area contributed by atoms with Crippen molar-refractivity contribution in [3.8, 4) is 0 Å². The van der Waals surface area contributed by atoms with Gasteiger partial charge in [0.2, 0.25) is 10.0 Å². The SMILES string of the molecule is Nc1ccccc1CNS(=O)(=O)C1CCS(=O)(=O)CC1. The van der Waals surface area contributed by atoms with E-state index in [-0.39, 0.29) is 30.9 Å². The Morgan fingerprint density at radius 1 is 1.20 bits per heavy atom. The summed E-state index contributed by atoms with van der Waals surface area (Å²) in [6.45, 7) is 0.123. The van der Waals surface area contributed by atoms with E-state index in [1.807, 2.05) is 0 Å². The van der Waals surface area contributed by atoms with Crippen molar-refractivity contribution in [2.45, 2.75) is 24.6 Å². The third-order valence-electron chi connectivity index (χ3n) is 3.46. The third kappa shape index (κ3) is 3.71. The monoisotopic (exact) mass is 318 g/mol. The van der Waals surface area contributed by atoms with Gasteiger partial charge in [0.05, 0.1) is 16.8 Å². The molecule has 3 N–H and O–H groups in total. The number of anilines is 1. The summed E-state index contributed by atoms with van der Waals surface area (Å²) in [7, 11) is -6.58. The van der Waals surface area contributed by atoms with Crippen LogP contribution in [0.5, 0.6) is 0 Å². The van der Waals surface area contributed by atoms with Crippen molar-refractivity contribution < 1.29 is 16.8 Å². The van der Waals surface area contributed by atoms with Gasteiger partial charge in [0, 0.05) is 12.2 Å². The van der Waals surface area contributed by atoms with Gasteiger partial charge in [-0.3, -0.25) is 0 Å². The number of nitrogen functional groups attached to an aromatic ring is 1. The molecule has 0 atom stereocenters. The lowest BCUT2D eigenvalue weighted by molar-refractivity contribution is 0.542. The van der Waals surface area contributed by atoms with Gasteiger partial charge < -0.3 is 5.73 Å². The number of rotatable bonds is 4. The molecule has 0 unspecified atom stereocenters. The maximum atomic E-state index is 12.1. The molecule has 6 nitrogen and oxygen atoms in total. The van der Waals surface area contributed by atoms with Gasteiger partial charge in [0.25, 0.3) is 0 Å². The van der Waals surface area contributed by atoms with Gasteiger partial charge in [-0.25, -0.2) is 21.6 Å². The Balaban J connectivity index is 2.00. The molecule has 1 aromatic carbocycles.